The van der Waals surface area contributed by atoms with E-state index in [0.29, 0.717) is 34.0 Å². The monoisotopic (exact) mass is 423 g/mol. The van der Waals surface area contributed by atoms with Crippen molar-refractivity contribution in [3.05, 3.63) is 80.5 Å². The lowest BCUT2D eigenvalue weighted by atomic mass is 9.66. The molecule has 3 aliphatic rings. The van der Waals surface area contributed by atoms with Crippen LogP contribution in [0.3, 0.4) is 0 Å². The van der Waals surface area contributed by atoms with Gasteiger partial charge < -0.3 is 0 Å². The zero-order chi connectivity index (χ0) is 20.5. The molecule has 146 valence electrons. The molecule has 5 heteroatoms. The minimum atomic E-state index is -0.532. The third kappa shape index (κ3) is 2.83. The summed E-state index contributed by atoms with van der Waals surface area (Å²) in [6, 6.07) is 12.8. The number of hydrogen-bond acceptors (Lipinski definition) is 3. The predicted molar refractivity (Wildman–Crippen MR) is 115 cm³/mol. The van der Waals surface area contributed by atoms with Crippen LogP contribution in [0.25, 0.3) is 0 Å². The number of benzene rings is 2. The lowest BCUT2D eigenvalue weighted by Crippen LogP contribution is -2.37. The van der Waals surface area contributed by atoms with Gasteiger partial charge in [-0.1, -0.05) is 67.4 Å². The molecule has 2 aliphatic carbocycles. The number of fused-ring (bicyclic) bond motifs is 3. The van der Waals surface area contributed by atoms with Gasteiger partial charge in [-0.15, -0.1) is 0 Å². The van der Waals surface area contributed by atoms with Crippen LogP contribution < -0.4 is 0 Å². The van der Waals surface area contributed by atoms with Crippen molar-refractivity contribution in [2.45, 2.75) is 32.6 Å². The molecule has 3 nitrogen and oxygen atoms in total. The lowest BCUT2D eigenvalue weighted by Gasteiger charge is -2.38. The second-order valence-corrected chi connectivity index (χ2v) is 9.67. The molecule has 0 aromatic heterocycles. The number of Topliss-reactive ketones (excluding diaryl/α,β-unsaturated/α-hetero) is 2. The topological polar surface area (TPSA) is 46.5 Å². The van der Waals surface area contributed by atoms with Gasteiger partial charge in [0.15, 0.2) is 11.6 Å². The molecule has 0 saturated carbocycles. The van der Waals surface area contributed by atoms with Gasteiger partial charge in [-0.2, -0.15) is 0 Å². The molecule has 29 heavy (non-hydrogen) atoms. The Kier molecular flexibility index (Phi) is 4.13. The summed E-state index contributed by atoms with van der Waals surface area (Å²) in [5.41, 5.74) is 4.31. The summed E-state index contributed by atoms with van der Waals surface area (Å²) in [6.45, 7) is 4.16. The zero-order valence-corrected chi connectivity index (χ0v) is 17.6. The second-order valence-electron chi connectivity index (χ2n) is 8.83. The molecule has 0 spiro atoms. The number of carbonyl (C=O) groups excluding carboxylic acids is 2. The molecule has 1 heterocycles. The summed E-state index contributed by atoms with van der Waals surface area (Å²) in [7, 11) is 0. The predicted octanol–water partition coefficient (Wildman–Crippen LogP) is 6.04. The fourth-order valence-corrected chi connectivity index (χ4v) is 5.50. The van der Waals surface area contributed by atoms with E-state index >= 15 is 0 Å². The SMILES string of the molecule is CC1(C)CC(=O)C2=C(C1)N=C1c3ccccc3C(=O)[C@@H]1[C@@H]2c1ccc(Cl)cc1Cl. The fourth-order valence-electron chi connectivity index (χ4n) is 4.97. The number of rotatable bonds is 1. The molecule has 2 atom stereocenters. The molecule has 0 unspecified atom stereocenters. The highest BCUT2D eigenvalue weighted by atomic mass is 35.5. The Morgan fingerprint density at radius 1 is 0.966 bits per heavy atom. The summed E-state index contributed by atoms with van der Waals surface area (Å²) in [4.78, 5) is 31.6. The van der Waals surface area contributed by atoms with Crippen LogP contribution in [0.2, 0.25) is 10.0 Å². The molecule has 2 aromatic rings. The van der Waals surface area contributed by atoms with Gasteiger partial charge in [-0.25, -0.2) is 0 Å². The first-order valence-corrected chi connectivity index (χ1v) is 10.5. The summed E-state index contributed by atoms with van der Waals surface area (Å²) in [5.74, 6) is -0.917. The Labute approximate surface area is 179 Å². The molecule has 0 N–H and O–H groups in total. The Morgan fingerprint density at radius 2 is 1.69 bits per heavy atom. The Balaban J connectivity index is 1.79. The average Bonchev–Trinajstić information content (AvgIpc) is 2.92. The summed E-state index contributed by atoms with van der Waals surface area (Å²) < 4.78 is 0. The smallest absolute Gasteiger partial charge is 0.173 e. The minimum Gasteiger partial charge on any atom is -0.294 e. The van der Waals surface area contributed by atoms with Crippen LogP contribution >= 0.6 is 23.2 Å². The van der Waals surface area contributed by atoms with Gasteiger partial charge in [0.05, 0.1) is 11.6 Å². The van der Waals surface area contributed by atoms with Crippen LogP contribution in [0.1, 0.15) is 54.1 Å². The number of ketones is 2. The molecule has 0 radical (unpaired) electrons. The summed E-state index contributed by atoms with van der Waals surface area (Å²) in [5, 5.41) is 0.992. The van der Waals surface area contributed by atoms with Gasteiger partial charge in [0.25, 0.3) is 0 Å². The van der Waals surface area contributed by atoms with E-state index in [1.807, 2.05) is 30.3 Å². The first-order valence-electron chi connectivity index (χ1n) is 9.70. The van der Waals surface area contributed by atoms with Crippen LogP contribution in [0.15, 0.2) is 58.7 Å². The molecule has 1 aliphatic heterocycles. The van der Waals surface area contributed by atoms with Crippen molar-refractivity contribution in [1.82, 2.24) is 0 Å². The number of allylic oxidation sites excluding steroid dienone is 2. The van der Waals surface area contributed by atoms with Crippen molar-refractivity contribution in [2.75, 3.05) is 0 Å². The van der Waals surface area contributed by atoms with Crippen molar-refractivity contribution in [1.29, 1.82) is 0 Å². The third-order valence-corrected chi connectivity index (χ3v) is 6.70. The van der Waals surface area contributed by atoms with Gasteiger partial charge >= 0.3 is 0 Å². The highest BCUT2D eigenvalue weighted by Gasteiger charge is 2.50. The maximum Gasteiger partial charge on any atom is 0.173 e. The van der Waals surface area contributed by atoms with Crippen LogP contribution in [-0.2, 0) is 4.79 Å². The molecule has 5 rings (SSSR count). The molecular weight excluding hydrogens is 405 g/mol. The number of hydrogen-bond donors (Lipinski definition) is 0. The normalized spacial score (nSPS) is 24.8. The zero-order valence-electron chi connectivity index (χ0n) is 16.1. The van der Waals surface area contributed by atoms with E-state index in [-0.39, 0.29) is 17.0 Å². The van der Waals surface area contributed by atoms with Crippen molar-refractivity contribution in [3.8, 4) is 0 Å². The fraction of sp³-hybridized carbons (Fsp3) is 0.292. The molecular formula is C24H19Cl2NO2. The largest absolute Gasteiger partial charge is 0.294 e. The maximum atomic E-state index is 13.4. The van der Waals surface area contributed by atoms with E-state index in [0.717, 1.165) is 22.5 Å². The number of nitrogens with zero attached hydrogens (tertiary/aromatic N) is 1. The van der Waals surface area contributed by atoms with Gasteiger partial charge in [-0.05, 0) is 29.5 Å². The van der Waals surface area contributed by atoms with Crippen molar-refractivity contribution in [2.24, 2.45) is 16.3 Å². The van der Waals surface area contributed by atoms with E-state index in [1.165, 1.54) is 0 Å². The van der Waals surface area contributed by atoms with Crippen LogP contribution in [-0.4, -0.2) is 17.3 Å². The molecule has 0 amide bonds. The quantitative estimate of drug-likeness (QED) is 0.561. The number of carbonyl (C=O) groups is 2. The average molecular weight is 424 g/mol. The standard InChI is InChI=1S/C24H19Cl2NO2/c1-24(2)10-17-20(18(28)11-24)19(15-8-7-12(25)9-16(15)26)21-22(27-17)13-5-3-4-6-14(13)23(21)29/h3-9,19,21H,10-11H2,1-2H3/t19-,21-/m1/s1. The first kappa shape index (κ1) is 18.8. The molecule has 0 saturated heterocycles. The summed E-state index contributed by atoms with van der Waals surface area (Å²) in [6.07, 6.45) is 1.13. The van der Waals surface area contributed by atoms with Gasteiger partial charge in [-0.3, -0.25) is 14.6 Å². The van der Waals surface area contributed by atoms with E-state index in [9.17, 15) is 9.59 Å². The van der Waals surface area contributed by atoms with Crippen molar-refractivity contribution >= 4 is 40.5 Å². The first-order chi connectivity index (χ1) is 13.8. The van der Waals surface area contributed by atoms with E-state index in [1.54, 1.807) is 12.1 Å². The second kappa shape index (κ2) is 6.38. The Bertz CT molecular complexity index is 1160. The molecule has 0 fully saturated rings. The highest BCUT2D eigenvalue weighted by molar-refractivity contribution is 6.35. The highest BCUT2D eigenvalue weighted by Crippen LogP contribution is 2.52. The third-order valence-electron chi connectivity index (χ3n) is 6.14. The van der Waals surface area contributed by atoms with E-state index in [2.05, 4.69) is 13.8 Å². The van der Waals surface area contributed by atoms with Crippen molar-refractivity contribution < 1.29 is 9.59 Å². The Morgan fingerprint density at radius 3 is 2.41 bits per heavy atom. The van der Waals surface area contributed by atoms with Crippen LogP contribution in [0, 0.1) is 11.3 Å². The van der Waals surface area contributed by atoms with E-state index in [4.69, 9.17) is 28.2 Å². The van der Waals surface area contributed by atoms with E-state index < -0.39 is 11.8 Å². The summed E-state index contributed by atoms with van der Waals surface area (Å²) >= 11 is 12.7. The van der Waals surface area contributed by atoms with Crippen LogP contribution in [0.5, 0.6) is 0 Å². The maximum absolute atomic E-state index is 13.4. The number of halogens is 2. The van der Waals surface area contributed by atoms with Gasteiger partial charge in [0.1, 0.15) is 0 Å². The van der Waals surface area contributed by atoms with Gasteiger partial charge in [0, 0.05) is 44.8 Å². The van der Waals surface area contributed by atoms with Crippen LogP contribution in [0.4, 0.5) is 0 Å². The minimum absolute atomic E-state index is 0.000416. The lowest BCUT2D eigenvalue weighted by molar-refractivity contribution is -0.118. The Hall–Kier alpha value is -2.23. The molecule has 2 aromatic carbocycles. The number of aliphatic imine (C=N–C) groups is 1. The molecule has 0 bridgehead atoms. The van der Waals surface area contributed by atoms with Crippen molar-refractivity contribution in [3.63, 3.8) is 0 Å². The van der Waals surface area contributed by atoms with Gasteiger partial charge in [0.2, 0.25) is 0 Å².